The lowest BCUT2D eigenvalue weighted by Gasteiger charge is -2.16. The summed E-state index contributed by atoms with van der Waals surface area (Å²) in [6, 6.07) is 3.78. The molecule has 1 atom stereocenters. The minimum absolute atomic E-state index is 0.0251. The Labute approximate surface area is 119 Å². The molecule has 0 aliphatic carbocycles. The van der Waals surface area contributed by atoms with Crippen LogP contribution in [0.5, 0.6) is 0 Å². The molecule has 106 valence electrons. The molecule has 1 amide bonds. The van der Waals surface area contributed by atoms with Gasteiger partial charge in [0.25, 0.3) is 5.91 Å². The Morgan fingerprint density at radius 1 is 1.47 bits per heavy atom. The van der Waals surface area contributed by atoms with Crippen molar-refractivity contribution in [2.75, 3.05) is 23.9 Å². The molecule has 4 nitrogen and oxygen atoms in total. The van der Waals surface area contributed by atoms with Gasteiger partial charge in [0.05, 0.1) is 0 Å². The van der Waals surface area contributed by atoms with Crippen molar-refractivity contribution in [2.45, 2.75) is 32.7 Å². The van der Waals surface area contributed by atoms with Crippen molar-refractivity contribution in [3.63, 3.8) is 0 Å². The van der Waals surface area contributed by atoms with E-state index in [0.29, 0.717) is 5.56 Å². The molecule has 0 aliphatic heterocycles. The second-order valence-corrected chi connectivity index (χ2v) is 5.30. The lowest BCUT2D eigenvalue weighted by Crippen LogP contribution is -2.36. The van der Waals surface area contributed by atoms with Crippen molar-refractivity contribution < 1.29 is 4.79 Å². The molecule has 1 aromatic heterocycles. The van der Waals surface area contributed by atoms with Crippen LogP contribution in [0.2, 0.25) is 0 Å². The van der Waals surface area contributed by atoms with Crippen molar-refractivity contribution in [3.8, 4) is 0 Å². The van der Waals surface area contributed by atoms with Crippen LogP contribution in [0.1, 0.15) is 37.0 Å². The number of aromatic nitrogens is 1. The topological polar surface area (TPSA) is 54.0 Å². The summed E-state index contributed by atoms with van der Waals surface area (Å²) in [7, 11) is 0. The number of hydrogen-bond donors (Lipinski definition) is 2. The van der Waals surface area contributed by atoms with E-state index in [4.69, 9.17) is 0 Å². The van der Waals surface area contributed by atoms with E-state index in [1.165, 1.54) is 0 Å². The highest BCUT2D eigenvalue weighted by molar-refractivity contribution is 7.98. The smallest absolute Gasteiger partial charge is 0.251 e. The highest BCUT2D eigenvalue weighted by Crippen LogP contribution is 2.08. The molecule has 0 spiro atoms. The number of nitrogens with zero attached hydrogens (tertiary/aromatic N) is 1. The number of carbonyl (C=O) groups is 1. The molecule has 1 heterocycles. The van der Waals surface area contributed by atoms with E-state index in [-0.39, 0.29) is 11.9 Å². The Balaban J connectivity index is 2.65. The first-order valence-corrected chi connectivity index (χ1v) is 8.10. The number of nitrogens with one attached hydrogen (secondary N) is 2. The fourth-order valence-electron chi connectivity index (χ4n) is 1.65. The first-order valence-electron chi connectivity index (χ1n) is 6.71. The van der Waals surface area contributed by atoms with E-state index in [2.05, 4.69) is 29.5 Å². The fraction of sp³-hybridized carbons (Fsp3) is 0.571. The highest BCUT2D eigenvalue weighted by Gasteiger charge is 2.12. The number of anilines is 1. The molecule has 0 aliphatic rings. The molecule has 0 saturated heterocycles. The van der Waals surface area contributed by atoms with E-state index >= 15 is 0 Å². The average molecular weight is 281 g/mol. The molecule has 1 rings (SSSR count). The average Bonchev–Trinajstić information content (AvgIpc) is 2.44. The van der Waals surface area contributed by atoms with Crippen LogP contribution in [0.4, 0.5) is 5.82 Å². The van der Waals surface area contributed by atoms with E-state index in [1.54, 1.807) is 30.1 Å². The minimum Gasteiger partial charge on any atom is -0.370 e. The first kappa shape index (κ1) is 15.8. The third-order valence-electron chi connectivity index (χ3n) is 2.77. The standard InChI is InChI=1S/C14H23N3OS/c1-4-7-15-13-9-11(6-8-16-13)14(18)17-12(5-2)10-19-3/h6,8-9,12H,4-5,7,10H2,1-3H3,(H,15,16)(H,17,18). The van der Waals surface area contributed by atoms with Crippen LogP contribution in [0.25, 0.3) is 0 Å². The van der Waals surface area contributed by atoms with Crippen molar-refractivity contribution >= 4 is 23.5 Å². The van der Waals surface area contributed by atoms with Gasteiger partial charge in [-0.1, -0.05) is 13.8 Å². The second kappa shape index (κ2) is 8.80. The van der Waals surface area contributed by atoms with Gasteiger partial charge in [-0.3, -0.25) is 4.79 Å². The number of hydrogen-bond acceptors (Lipinski definition) is 4. The molecule has 5 heteroatoms. The van der Waals surface area contributed by atoms with Crippen molar-refractivity contribution in [3.05, 3.63) is 23.9 Å². The normalized spacial score (nSPS) is 11.9. The Kier molecular flexibility index (Phi) is 7.33. The number of pyridine rings is 1. The third kappa shape index (κ3) is 5.51. The van der Waals surface area contributed by atoms with Gasteiger partial charge in [0.1, 0.15) is 5.82 Å². The largest absolute Gasteiger partial charge is 0.370 e. The molecule has 0 radical (unpaired) electrons. The maximum Gasteiger partial charge on any atom is 0.251 e. The zero-order valence-corrected chi connectivity index (χ0v) is 12.7. The quantitative estimate of drug-likeness (QED) is 0.769. The van der Waals surface area contributed by atoms with Gasteiger partial charge in [-0.15, -0.1) is 0 Å². The summed E-state index contributed by atoms with van der Waals surface area (Å²) in [6.07, 6.45) is 5.69. The zero-order valence-electron chi connectivity index (χ0n) is 11.9. The van der Waals surface area contributed by atoms with Crippen molar-refractivity contribution in [2.24, 2.45) is 0 Å². The van der Waals surface area contributed by atoms with Gasteiger partial charge in [-0.05, 0) is 31.2 Å². The summed E-state index contributed by atoms with van der Waals surface area (Å²) in [5.41, 5.74) is 0.660. The maximum atomic E-state index is 12.1. The SMILES string of the molecule is CCCNc1cc(C(=O)NC(CC)CSC)ccn1. The second-order valence-electron chi connectivity index (χ2n) is 4.39. The van der Waals surface area contributed by atoms with E-state index < -0.39 is 0 Å². The number of rotatable bonds is 8. The van der Waals surface area contributed by atoms with Crippen LogP contribution >= 0.6 is 11.8 Å². The predicted octanol–water partition coefficient (Wildman–Crippen LogP) is 2.77. The molecule has 0 aromatic carbocycles. The molecule has 1 aromatic rings. The van der Waals surface area contributed by atoms with Crippen molar-refractivity contribution in [1.29, 1.82) is 0 Å². The molecule has 0 saturated carbocycles. The van der Waals surface area contributed by atoms with Crippen molar-refractivity contribution in [1.82, 2.24) is 10.3 Å². The summed E-state index contributed by atoms with van der Waals surface area (Å²) in [5, 5.41) is 6.24. The summed E-state index contributed by atoms with van der Waals surface area (Å²) >= 11 is 1.75. The van der Waals surface area contributed by atoms with Gasteiger partial charge in [0.2, 0.25) is 0 Å². The maximum absolute atomic E-state index is 12.1. The lowest BCUT2D eigenvalue weighted by molar-refractivity contribution is 0.0940. The summed E-state index contributed by atoms with van der Waals surface area (Å²) in [5.74, 6) is 1.67. The van der Waals surface area contributed by atoms with Gasteiger partial charge in [-0.25, -0.2) is 4.98 Å². The summed E-state index contributed by atoms with van der Waals surface area (Å²) < 4.78 is 0. The van der Waals surface area contributed by atoms with Crippen LogP contribution in [0.15, 0.2) is 18.3 Å². The number of carbonyl (C=O) groups excluding carboxylic acids is 1. The molecule has 1 unspecified atom stereocenters. The zero-order chi connectivity index (χ0) is 14.1. The van der Waals surface area contributed by atoms with Crippen LogP contribution < -0.4 is 10.6 Å². The Hall–Kier alpha value is -1.23. The Morgan fingerprint density at radius 2 is 2.26 bits per heavy atom. The third-order valence-corrected chi connectivity index (χ3v) is 3.51. The van der Waals surface area contributed by atoms with Gasteiger partial charge in [0.15, 0.2) is 0 Å². The molecular formula is C14H23N3OS. The van der Waals surface area contributed by atoms with Gasteiger partial charge in [0, 0.05) is 30.1 Å². The van der Waals surface area contributed by atoms with E-state index in [0.717, 1.165) is 31.0 Å². The Bertz CT molecular complexity index is 398. The molecule has 2 N–H and O–H groups in total. The van der Waals surface area contributed by atoms with Crippen LogP contribution in [-0.2, 0) is 0 Å². The van der Waals surface area contributed by atoms with Gasteiger partial charge < -0.3 is 10.6 Å². The van der Waals surface area contributed by atoms with Gasteiger partial charge in [-0.2, -0.15) is 11.8 Å². The van der Waals surface area contributed by atoms with E-state index in [9.17, 15) is 4.79 Å². The molecular weight excluding hydrogens is 258 g/mol. The summed E-state index contributed by atoms with van der Waals surface area (Å²) in [6.45, 7) is 5.04. The predicted molar refractivity (Wildman–Crippen MR) is 82.9 cm³/mol. The number of amides is 1. The highest BCUT2D eigenvalue weighted by atomic mass is 32.2. The summed E-state index contributed by atoms with van der Waals surface area (Å²) in [4.78, 5) is 16.3. The van der Waals surface area contributed by atoms with Crippen LogP contribution in [0, 0.1) is 0 Å². The fourth-order valence-corrected chi connectivity index (χ4v) is 2.37. The van der Waals surface area contributed by atoms with Gasteiger partial charge >= 0.3 is 0 Å². The lowest BCUT2D eigenvalue weighted by atomic mass is 10.2. The first-order chi connectivity index (χ1) is 9.21. The minimum atomic E-state index is -0.0251. The number of thioether (sulfide) groups is 1. The molecule has 0 fully saturated rings. The van der Waals surface area contributed by atoms with Crippen LogP contribution in [0.3, 0.4) is 0 Å². The molecule has 19 heavy (non-hydrogen) atoms. The van der Waals surface area contributed by atoms with Crippen LogP contribution in [-0.4, -0.2) is 35.5 Å². The Morgan fingerprint density at radius 3 is 2.89 bits per heavy atom. The molecule has 0 bridgehead atoms. The van der Waals surface area contributed by atoms with E-state index in [1.807, 2.05) is 6.26 Å². The monoisotopic (exact) mass is 281 g/mol.